The van der Waals surface area contributed by atoms with Gasteiger partial charge < -0.3 is 24.8 Å². The van der Waals surface area contributed by atoms with E-state index in [0.29, 0.717) is 0 Å². The molecule has 1 aliphatic rings. The molecule has 2 rings (SSSR count). The van der Waals surface area contributed by atoms with Crippen molar-refractivity contribution in [3.8, 4) is 5.75 Å². The molecule has 3 N–H and O–H groups in total. The molecule has 1 aromatic carbocycles. The van der Waals surface area contributed by atoms with Crippen molar-refractivity contribution in [1.29, 1.82) is 0 Å². The summed E-state index contributed by atoms with van der Waals surface area (Å²) in [4.78, 5) is 10.0. The normalized spacial score (nSPS) is 29.1. The Labute approximate surface area is 124 Å². The topological polar surface area (TPSA) is 122 Å². The average molecular weight is 320 g/mol. The van der Waals surface area contributed by atoms with Gasteiger partial charge in [-0.25, -0.2) is 0 Å². The van der Waals surface area contributed by atoms with Crippen molar-refractivity contribution in [2.24, 2.45) is 0 Å². The van der Waals surface area contributed by atoms with Crippen LogP contribution in [0.4, 0.5) is 5.69 Å². The first kappa shape index (κ1) is 15.9. The molecule has 0 bridgehead atoms. The lowest BCUT2D eigenvalue weighted by molar-refractivity contribution is -0.384. The maximum Gasteiger partial charge on any atom is 0.271 e. The molecule has 116 valence electrons. The quantitative estimate of drug-likeness (QED) is 0.544. The highest BCUT2D eigenvalue weighted by Crippen LogP contribution is 2.32. The van der Waals surface area contributed by atoms with Crippen molar-refractivity contribution < 1.29 is 29.7 Å². The fraction of sp³-hybridized carbons (Fsp3) is 0.500. The van der Waals surface area contributed by atoms with Gasteiger partial charge in [0.15, 0.2) is 6.29 Å². The number of nitro groups is 1. The van der Waals surface area contributed by atoms with E-state index in [0.717, 1.165) is 6.07 Å². The van der Waals surface area contributed by atoms with Crippen LogP contribution in [0.15, 0.2) is 18.2 Å². The van der Waals surface area contributed by atoms with Crippen LogP contribution in [-0.2, 0) is 4.74 Å². The Balaban J connectivity index is 2.15. The predicted octanol–water partition coefficient (Wildman–Crippen LogP) is 0.456. The number of aliphatic hydroxyl groups is 3. The molecule has 0 saturated carbocycles. The SMILES string of the molecule is O=[N+]([O-])c1ccc(O[C@H]2C[C@H](O)O[C@H](CO)[C@@H]2O)c(Cl)c1. The van der Waals surface area contributed by atoms with Crippen molar-refractivity contribution in [1.82, 2.24) is 0 Å². The first-order valence-electron chi connectivity index (χ1n) is 6.15. The molecule has 4 atom stereocenters. The van der Waals surface area contributed by atoms with Crippen LogP contribution < -0.4 is 4.74 Å². The van der Waals surface area contributed by atoms with Gasteiger partial charge in [-0.05, 0) is 6.07 Å². The smallest absolute Gasteiger partial charge is 0.271 e. The molecule has 1 saturated heterocycles. The van der Waals surface area contributed by atoms with Gasteiger partial charge in [0.05, 0.1) is 16.6 Å². The molecule has 0 aliphatic carbocycles. The van der Waals surface area contributed by atoms with Crippen LogP contribution >= 0.6 is 11.6 Å². The Morgan fingerprint density at radius 2 is 2.19 bits per heavy atom. The van der Waals surface area contributed by atoms with Gasteiger partial charge in [0, 0.05) is 18.6 Å². The number of hydrogen-bond acceptors (Lipinski definition) is 7. The zero-order valence-corrected chi connectivity index (χ0v) is 11.5. The third-order valence-corrected chi connectivity index (χ3v) is 3.41. The maximum atomic E-state index is 10.6. The number of aliphatic hydroxyl groups excluding tert-OH is 3. The lowest BCUT2D eigenvalue weighted by Gasteiger charge is -2.36. The van der Waals surface area contributed by atoms with Gasteiger partial charge in [0.2, 0.25) is 0 Å². The van der Waals surface area contributed by atoms with E-state index in [-0.39, 0.29) is 22.9 Å². The summed E-state index contributed by atoms with van der Waals surface area (Å²) >= 11 is 5.89. The van der Waals surface area contributed by atoms with Crippen LogP contribution in [0, 0.1) is 10.1 Å². The summed E-state index contributed by atoms with van der Waals surface area (Å²) in [6.45, 7) is -0.480. The van der Waals surface area contributed by atoms with E-state index in [4.69, 9.17) is 26.2 Å². The minimum Gasteiger partial charge on any atom is -0.486 e. The van der Waals surface area contributed by atoms with Gasteiger partial charge in [0.1, 0.15) is 24.1 Å². The molecule has 1 heterocycles. The molecule has 1 fully saturated rings. The van der Waals surface area contributed by atoms with Crippen molar-refractivity contribution in [3.63, 3.8) is 0 Å². The van der Waals surface area contributed by atoms with Crippen molar-refractivity contribution in [3.05, 3.63) is 33.3 Å². The summed E-state index contributed by atoms with van der Waals surface area (Å²) < 4.78 is 10.4. The molecule has 0 amide bonds. The summed E-state index contributed by atoms with van der Waals surface area (Å²) in [6, 6.07) is 3.65. The van der Waals surface area contributed by atoms with Crippen LogP contribution in [0.5, 0.6) is 5.75 Å². The Hall–Kier alpha value is -1.45. The second-order valence-corrected chi connectivity index (χ2v) is 4.97. The maximum absolute atomic E-state index is 10.6. The number of halogens is 1. The van der Waals surface area contributed by atoms with Gasteiger partial charge in [-0.3, -0.25) is 10.1 Å². The second-order valence-electron chi connectivity index (χ2n) is 4.57. The molecule has 1 aromatic rings. The number of nitro benzene ring substituents is 1. The van der Waals surface area contributed by atoms with Crippen molar-refractivity contribution in [2.45, 2.75) is 31.0 Å². The number of hydrogen-bond donors (Lipinski definition) is 3. The summed E-state index contributed by atoms with van der Waals surface area (Å²) in [5.41, 5.74) is -0.187. The van der Waals surface area contributed by atoms with Crippen LogP contribution in [0.3, 0.4) is 0 Å². The molecule has 8 nitrogen and oxygen atoms in total. The van der Waals surface area contributed by atoms with Crippen LogP contribution in [0.1, 0.15) is 6.42 Å². The highest BCUT2D eigenvalue weighted by Gasteiger charge is 2.38. The number of ether oxygens (including phenoxy) is 2. The summed E-state index contributed by atoms with van der Waals surface area (Å²) in [5.74, 6) is 0.136. The number of rotatable bonds is 4. The fourth-order valence-electron chi connectivity index (χ4n) is 2.05. The summed E-state index contributed by atoms with van der Waals surface area (Å²) in [7, 11) is 0. The summed E-state index contributed by atoms with van der Waals surface area (Å²) in [6.07, 6.45) is -4.21. The first-order chi connectivity index (χ1) is 9.92. The molecule has 1 aliphatic heterocycles. The minimum atomic E-state index is -1.19. The fourth-order valence-corrected chi connectivity index (χ4v) is 2.27. The van der Waals surface area contributed by atoms with Gasteiger partial charge in [-0.1, -0.05) is 11.6 Å². The number of nitrogens with zero attached hydrogens (tertiary/aromatic N) is 1. The highest BCUT2D eigenvalue weighted by molar-refractivity contribution is 6.32. The monoisotopic (exact) mass is 319 g/mol. The zero-order valence-electron chi connectivity index (χ0n) is 10.8. The van der Waals surface area contributed by atoms with E-state index in [2.05, 4.69) is 0 Å². The number of non-ortho nitro benzene ring substituents is 1. The molecule has 0 radical (unpaired) electrons. The van der Waals surface area contributed by atoms with E-state index in [1.54, 1.807) is 0 Å². The zero-order chi connectivity index (χ0) is 15.6. The molecule has 0 unspecified atom stereocenters. The molecule has 0 spiro atoms. The van der Waals surface area contributed by atoms with E-state index in [1.807, 2.05) is 0 Å². The van der Waals surface area contributed by atoms with Gasteiger partial charge in [-0.15, -0.1) is 0 Å². The Morgan fingerprint density at radius 1 is 1.48 bits per heavy atom. The molecular weight excluding hydrogens is 306 g/mol. The molecule has 9 heteroatoms. The lowest BCUT2D eigenvalue weighted by atomic mass is 10.0. The number of benzene rings is 1. The molecular formula is C12H14ClNO7. The van der Waals surface area contributed by atoms with Gasteiger partial charge in [-0.2, -0.15) is 0 Å². The first-order valence-corrected chi connectivity index (χ1v) is 6.53. The van der Waals surface area contributed by atoms with E-state index < -0.39 is 36.1 Å². The Kier molecular flexibility index (Phi) is 4.96. The lowest BCUT2D eigenvalue weighted by Crippen LogP contribution is -2.52. The standard InChI is InChI=1S/C12H14ClNO7/c13-7-3-6(14(18)19)1-2-8(7)20-9-4-11(16)21-10(5-15)12(9)17/h1-3,9-12,15-17H,4-5H2/t9-,10+,11+,12+/m0/s1. The Bertz CT molecular complexity index is 526. The van der Waals surface area contributed by atoms with Crippen LogP contribution in [0.25, 0.3) is 0 Å². The third kappa shape index (κ3) is 3.60. The third-order valence-electron chi connectivity index (χ3n) is 3.11. The van der Waals surface area contributed by atoms with E-state index in [1.165, 1.54) is 12.1 Å². The van der Waals surface area contributed by atoms with Crippen molar-refractivity contribution in [2.75, 3.05) is 6.61 Å². The predicted molar refractivity (Wildman–Crippen MR) is 71.1 cm³/mol. The molecule has 0 aromatic heterocycles. The second kappa shape index (κ2) is 6.54. The average Bonchev–Trinajstić information content (AvgIpc) is 2.44. The van der Waals surface area contributed by atoms with E-state index >= 15 is 0 Å². The van der Waals surface area contributed by atoms with E-state index in [9.17, 15) is 20.3 Å². The largest absolute Gasteiger partial charge is 0.486 e. The summed E-state index contributed by atoms with van der Waals surface area (Å²) in [5, 5.41) is 39.2. The van der Waals surface area contributed by atoms with Crippen LogP contribution in [-0.4, -0.2) is 51.5 Å². The van der Waals surface area contributed by atoms with Crippen molar-refractivity contribution >= 4 is 17.3 Å². The molecule has 21 heavy (non-hydrogen) atoms. The minimum absolute atomic E-state index is 0.0120. The highest BCUT2D eigenvalue weighted by atomic mass is 35.5. The van der Waals surface area contributed by atoms with Crippen LogP contribution in [0.2, 0.25) is 5.02 Å². The van der Waals surface area contributed by atoms with Gasteiger partial charge >= 0.3 is 0 Å². The van der Waals surface area contributed by atoms with Gasteiger partial charge in [0.25, 0.3) is 5.69 Å². The Morgan fingerprint density at radius 3 is 2.76 bits per heavy atom.